The van der Waals surface area contributed by atoms with Crippen molar-refractivity contribution in [3.63, 3.8) is 0 Å². The maximum Gasteiger partial charge on any atom is 0.0950 e. The molecule has 0 N–H and O–H groups in total. The van der Waals surface area contributed by atoms with Gasteiger partial charge in [0.2, 0.25) is 0 Å². The second-order valence-corrected chi connectivity index (χ2v) is 8.16. The first kappa shape index (κ1) is 18.5. The molecule has 0 fully saturated rings. The molecule has 0 spiro atoms. The Bertz CT molecular complexity index is 1190. The van der Waals surface area contributed by atoms with E-state index in [1.807, 2.05) is 0 Å². The summed E-state index contributed by atoms with van der Waals surface area (Å²) in [5.41, 5.74) is 11.5. The fourth-order valence-corrected chi connectivity index (χ4v) is 4.65. The third-order valence-corrected chi connectivity index (χ3v) is 6.02. The zero-order valence-electron chi connectivity index (χ0n) is 17.8. The van der Waals surface area contributed by atoms with E-state index in [0.717, 1.165) is 6.67 Å². The Hall–Kier alpha value is -3.52. The molecule has 0 aromatic heterocycles. The lowest BCUT2D eigenvalue weighted by Gasteiger charge is -2.21. The summed E-state index contributed by atoms with van der Waals surface area (Å²) in [6.07, 6.45) is 0. The number of fused-ring (bicyclic) bond motifs is 1. The molecule has 148 valence electrons. The van der Waals surface area contributed by atoms with Crippen molar-refractivity contribution in [3.05, 3.63) is 102 Å². The number of hydrogen-bond donors (Lipinski definition) is 0. The van der Waals surface area contributed by atoms with Crippen LogP contribution in [0.4, 0.5) is 17.1 Å². The quantitative estimate of drug-likeness (QED) is 0.365. The third-order valence-electron chi connectivity index (χ3n) is 6.02. The number of benzene rings is 4. The SMILES string of the molecule is Cc1cc(-c2ccccc2)cc(C)c1-c1cccc(N2CN(C)c3ccccc32)c1. The molecule has 0 amide bonds. The number of nitrogens with zero attached hydrogens (tertiary/aromatic N) is 2. The lowest BCUT2D eigenvalue weighted by Crippen LogP contribution is -2.23. The molecule has 2 heteroatoms. The zero-order chi connectivity index (χ0) is 20.7. The first-order valence-corrected chi connectivity index (χ1v) is 10.5. The van der Waals surface area contributed by atoms with Gasteiger partial charge in [-0.2, -0.15) is 0 Å². The fraction of sp³-hybridized carbons (Fsp3) is 0.143. The molecule has 1 heterocycles. The largest absolute Gasteiger partial charge is 0.355 e. The van der Waals surface area contributed by atoms with Crippen LogP contribution in [-0.2, 0) is 0 Å². The average molecular weight is 391 g/mol. The van der Waals surface area contributed by atoms with E-state index in [2.05, 4.69) is 122 Å². The van der Waals surface area contributed by atoms with Gasteiger partial charge in [0.1, 0.15) is 0 Å². The van der Waals surface area contributed by atoms with Gasteiger partial charge in [0.25, 0.3) is 0 Å². The molecule has 2 nitrogen and oxygen atoms in total. The monoisotopic (exact) mass is 390 g/mol. The Balaban J connectivity index is 1.55. The van der Waals surface area contributed by atoms with Crippen molar-refractivity contribution >= 4 is 17.1 Å². The maximum atomic E-state index is 2.39. The molecule has 0 atom stereocenters. The second-order valence-electron chi connectivity index (χ2n) is 8.16. The van der Waals surface area contributed by atoms with Crippen molar-refractivity contribution in [1.82, 2.24) is 0 Å². The number of hydrogen-bond acceptors (Lipinski definition) is 2. The molecule has 0 unspecified atom stereocenters. The van der Waals surface area contributed by atoms with Gasteiger partial charge < -0.3 is 9.80 Å². The minimum Gasteiger partial charge on any atom is -0.355 e. The molecule has 0 aliphatic carbocycles. The van der Waals surface area contributed by atoms with Crippen LogP contribution in [0.2, 0.25) is 0 Å². The molecule has 1 aliphatic heterocycles. The van der Waals surface area contributed by atoms with Crippen LogP contribution in [0.3, 0.4) is 0 Å². The Morgan fingerprint density at radius 2 is 1.23 bits per heavy atom. The Morgan fingerprint density at radius 3 is 1.97 bits per heavy atom. The molecule has 4 aromatic carbocycles. The van der Waals surface area contributed by atoms with E-state index < -0.39 is 0 Å². The van der Waals surface area contributed by atoms with Gasteiger partial charge >= 0.3 is 0 Å². The lowest BCUT2D eigenvalue weighted by molar-refractivity contribution is 0.950. The summed E-state index contributed by atoms with van der Waals surface area (Å²) in [5, 5.41) is 0. The van der Waals surface area contributed by atoms with Crippen molar-refractivity contribution in [2.24, 2.45) is 0 Å². The summed E-state index contributed by atoms with van der Waals surface area (Å²) in [6.45, 7) is 5.31. The molecular weight excluding hydrogens is 364 g/mol. The van der Waals surface area contributed by atoms with E-state index in [0.29, 0.717) is 0 Å². The predicted molar refractivity (Wildman–Crippen MR) is 129 cm³/mol. The van der Waals surface area contributed by atoms with Gasteiger partial charge in [-0.25, -0.2) is 0 Å². The van der Waals surface area contributed by atoms with E-state index >= 15 is 0 Å². The van der Waals surface area contributed by atoms with Crippen LogP contribution < -0.4 is 9.80 Å². The van der Waals surface area contributed by atoms with Crippen molar-refractivity contribution in [2.75, 3.05) is 23.5 Å². The molecule has 0 saturated carbocycles. The molecule has 0 bridgehead atoms. The van der Waals surface area contributed by atoms with Crippen molar-refractivity contribution in [2.45, 2.75) is 13.8 Å². The van der Waals surface area contributed by atoms with Crippen LogP contribution in [0.5, 0.6) is 0 Å². The summed E-state index contributed by atoms with van der Waals surface area (Å²) in [5.74, 6) is 0. The minimum atomic E-state index is 0.869. The van der Waals surface area contributed by atoms with Crippen LogP contribution in [0.1, 0.15) is 11.1 Å². The van der Waals surface area contributed by atoms with Crippen LogP contribution in [-0.4, -0.2) is 13.7 Å². The van der Waals surface area contributed by atoms with Gasteiger partial charge in [-0.05, 0) is 71.5 Å². The standard InChI is InChI=1S/C28H26N2/c1-20-16-24(22-10-5-4-6-11-22)17-21(2)28(20)23-12-9-13-25(18-23)30-19-29(3)26-14-7-8-15-27(26)30/h4-18H,19H2,1-3H3. The van der Waals surface area contributed by atoms with Crippen molar-refractivity contribution < 1.29 is 0 Å². The van der Waals surface area contributed by atoms with E-state index in [4.69, 9.17) is 0 Å². The second kappa shape index (κ2) is 7.38. The van der Waals surface area contributed by atoms with Gasteiger partial charge in [0.15, 0.2) is 0 Å². The smallest absolute Gasteiger partial charge is 0.0950 e. The predicted octanol–water partition coefficient (Wildman–Crippen LogP) is 7.18. The van der Waals surface area contributed by atoms with Crippen molar-refractivity contribution in [1.29, 1.82) is 0 Å². The van der Waals surface area contributed by atoms with Gasteiger partial charge in [0, 0.05) is 12.7 Å². The van der Waals surface area contributed by atoms with Crippen LogP contribution in [0, 0.1) is 13.8 Å². The molecule has 0 radical (unpaired) electrons. The van der Waals surface area contributed by atoms with E-state index in [1.54, 1.807) is 0 Å². The molecule has 30 heavy (non-hydrogen) atoms. The maximum absolute atomic E-state index is 2.39. The first-order chi connectivity index (χ1) is 14.6. The highest BCUT2D eigenvalue weighted by Crippen LogP contribution is 2.41. The Labute approximate surface area is 179 Å². The summed E-state index contributed by atoms with van der Waals surface area (Å²) < 4.78 is 0. The van der Waals surface area contributed by atoms with E-state index in [1.165, 1.54) is 50.4 Å². The molecule has 4 aromatic rings. The highest BCUT2D eigenvalue weighted by Gasteiger charge is 2.24. The van der Waals surface area contributed by atoms with Gasteiger partial charge in [-0.3, -0.25) is 0 Å². The number of anilines is 3. The number of para-hydroxylation sites is 2. The topological polar surface area (TPSA) is 6.48 Å². The zero-order valence-corrected chi connectivity index (χ0v) is 17.8. The normalized spacial score (nSPS) is 12.9. The number of aryl methyl sites for hydroxylation is 2. The Kier molecular flexibility index (Phi) is 4.55. The van der Waals surface area contributed by atoms with E-state index in [-0.39, 0.29) is 0 Å². The van der Waals surface area contributed by atoms with Gasteiger partial charge in [-0.1, -0.05) is 66.7 Å². The lowest BCUT2D eigenvalue weighted by atomic mass is 9.91. The highest BCUT2D eigenvalue weighted by molar-refractivity contribution is 5.84. The third kappa shape index (κ3) is 3.15. The molecular formula is C28H26N2. The summed E-state index contributed by atoms with van der Waals surface area (Å²) in [6, 6.07) is 32.8. The van der Waals surface area contributed by atoms with Gasteiger partial charge in [-0.15, -0.1) is 0 Å². The van der Waals surface area contributed by atoms with Crippen LogP contribution >= 0.6 is 0 Å². The number of rotatable bonds is 3. The summed E-state index contributed by atoms with van der Waals surface area (Å²) in [4.78, 5) is 4.69. The molecule has 1 aliphatic rings. The highest BCUT2D eigenvalue weighted by atomic mass is 15.4. The van der Waals surface area contributed by atoms with Crippen molar-refractivity contribution in [3.8, 4) is 22.3 Å². The van der Waals surface area contributed by atoms with Gasteiger partial charge in [0.05, 0.1) is 18.0 Å². The first-order valence-electron chi connectivity index (χ1n) is 10.5. The summed E-state index contributed by atoms with van der Waals surface area (Å²) >= 11 is 0. The fourth-order valence-electron chi connectivity index (χ4n) is 4.65. The van der Waals surface area contributed by atoms with E-state index in [9.17, 15) is 0 Å². The molecule has 5 rings (SSSR count). The summed E-state index contributed by atoms with van der Waals surface area (Å²) in [7, 11) is 2.15. The molecule has 0 saturated heterocycles. The average Bonchev–Trinajstić information content (AvgIpc) is 3.11. The minimum absolute atomic E-state index is 0.869. The van der Waals surface area contributed by atoms with Crippen LogP contribution in [0.25, 0.3) is 22.3 Å². The Morgan fingerprint density at radius 1 is 0.600 bits per heavy atom. The van der Waals surface area contributed by atoms with Crippen LogP contribution in [0.15, 0.2) is 91.0 Å².